The van der Waals surface area contributed by atoms with Gasteiger partial charge < -0.3 is 15.5 Å². The first kappa shape index (κ1) is 18.7. The maximum Gasteiger partial charge on any atom is 0.224 e. The molecule has 3 rings (SSSR count). The zero-order chi connectivity index (χ0) is 18.4. The van der Waals surface area contributed by atoms with Crippen LogP contribution in [0.15, 0.2) is 29.3 Å². The number of amides is 1. The first-order valence-electron chi connectivity index (χ1n) is 10.0. The molecule has 5 nitrogen and oxygen atoms in total. The first-order valence-corrected chi connectivity index (χ1v) is 10.0. The molecule has 0 aromatic heterocycles. The lowest BCUT2D eigenvalue weighted by Gasteiger charge is -2.22. The van der Waals surface area contributed by atoms with Gasteiger partial charge in [-0.05, 0) is 48.8 Å². The van der Waals surface area contributed by atoms with Gasteiger partial charge in [0.2, 0.25) is 5.91 Å². The number of nitrogens with one attached hydrogen (secondary N) is 2. The highest BCUT2D eigenvalue weighted by atomic mass is 16.1. The fourth-order valence-corrected chi connectivity index (χ4v) is 4.30. The Morgan fingerprint density at radius 2 is 1.96 bits per heavy atom. The first-order chi connectivity index (χ1) is 12.7. The van der Waals surface area contributed by atoms with Crippen molar-refractivity contribution in [3.8, 4) is 0 Å². The molecule has 2 aliphatic rings. The summed E-state index contributed by atoms with van der Waals surface area (Å²) in [7, 11) is 1.87. The third-order valence-corrected chi connectivity index (χ3v) is 5.63. The molecule has 1 amide bonds. The van der Waals surface area contributed by atoms with Crippen molar-refractivity contribution >= 4 is 17.6 Å². The standard InChI is InChI=1S/C21H32N4O/c1-3-7-20(26)24-19-11-6-8-16(12-19)13-23-21(22-2)25-14-17-9-4-5-10-18(17)15-25/h6,8,11-12,17-18H,3-5,7,9-10,13-15H2,1-2H3,(H,22,23)(H,24,26). The minimum Gasteiger partial charge on any atom is -0.352 e. The molecule has 2 fully saturated rings. The number of carbonyl (C=O) groups is 1. The molecule has 1 aromatic rings. The smallest absolute Gasteiger partial charge is 0.224 e. The summed E-state index contributed by atoms with van der Waals surface area (Å²) < 4.78 is 0. The number of rotatable bonds is 5. The van der Waals surface area contributed by atoms with Crippen molar-refractivity contribution in [2.45, 2.75) is 52.0 Å². The number of benzene rings is 1. The predicted octanol–water partition coefficient (Wildman–Crippen LogP) is 3.62. The van der Waals surface area contributed by atoms with E-state index < -0.39 is 0 Å². The van der Waals surface area contributed by atoms with Crippen LogP contribution in [0.1, 0.15) is 51.0 Å². The van der Waals surface area contributed by atoms with Gasteiger partial charge in [0.05, 0.1) is 0 Å². The van der Waals surface area contributed by atoms with Crippen molar-refractivity contribution in [1.29, 1.82) is 0 Å². The third-order valence-electron chi connectivity index (χ3n) is 5.63. The van der Waals surface area contributed by atoms with E-state index in [1.165, 1.54) is 25.7 Å². The number of nitrogens with zero attached hydrogens (tertiary/aromatic N) is 2. The molecule has 5 heteroatoms. The van der Waals surface area contributed by atoms with E-state index in [9.17, 15) is 4.79 Å². The van der Waals surface area contributed by atoms with Gasteiger partial charge in [0.1, 0.15) is 0 Å². The van der Waals surface area contributed by atoms with Crippen LogP contribution in [0.4, 0.5) is 5.69 Å². The van der Waals surface area contributed by atoms with Gasteiger partial charge in [-0.15, -0.1) is 0 Å². The Balaban J connectivity index is 1.55. The molecule has 1 saturated heterocycles. The molecule has 142 valence electrons. The molecule has 1 aliphatic heterocycles. The van der Waals surface area contributed by atoms with Crippen molar-refractivity contribution in [3.63, 3.8) is 0 Å². The maximum absolute atomic E-state index is 11.8. The van der Waals surface area contributed by atoms with Gasteiger partial charge in [0.25, 0.3) is 0 Å². The van der Waals surface area contributed by atoms with Crippen LogP contribution >= 0.6 is 0 Å². The molecule has 1 aromatic carbocycles. The van der Waals surface area contributed by atoms with Gasteiger partial charge in [-0.2, -0.15) is 0 Å². The van der Waals surface area contributed by atoms with Crippen LogP contribution in [0, 0.1) is 11.8 Å². The number of guanidine groups is 1. The molecule has 1 heterocycles. The Hall–Kier alpha value is -2.04. The number of hydrogen-bond acceptors (Lipinski definition) is 2. The molecular formula is C21H32N4O. The van der Waals surface area contributed by atoms with E-state index in [1.54, 1.807) is 0 Å². The second-order valence-electron chi connectivity index (χ2n) is 7.61. The van der Waals surface area contributed by atoms with Gasteiger partial charge in [0.15, 0.2) is 5.96 Å². The SMILES string of the molecule is CCCC(=O)Nc1cccc(CNC(=NC)N2CC3CCCCC3C2)c1. The molecule has 26 heavy (non-hydrogen) atoms. The largest absolute Gasteiger partial charge is 0.352 e. The number of aliphatic imine (C=N–C) groups is 1. The molecule has 1 aliphatic carbocycles. The van der Waals surface area contributed by atoms with Crippen molar-refractivity contribution in [3.05, 3.63) is 29.8 Å². The number of likely N-dealkylation sites (tertiary alicyclic amines) is 1. The van der Waals surface area contributed by atoms with E-state index in [4.69, 9.17) is 0 Å². The monoisotopic (exact) mass is 356 g/mol. The van der Waals surface area contributed by atoms with E-state index >= 15 is 0 Å². The Kier molecular flexibility index (Phi) is 6.53. The normalized spacial score (nSPS) is 22.8. The van der Waals surface area contributed by atoms with Crippen LogP contribution < -0.4 is 10.6 Å². The van der Waals surface area contributed by atoms with Crippen molar-refractivity contribution in [2.24, 2.45) is 16.8 Å². The molecule has 0 bridgehead atoms. The number of anilines is 1. The lowest BCUT2D eigenvalue weighted by Crippen LogP contribution is -2.39. The summed E-state index contributed by atoms with van der Waals surface area (Å²) >= 11 is 0. The van der Waals surface area contributed by atoms with Gasteiger partial charge in [0, 0.05) is 38.8 Å². The fraction of sp³-hybridized carbons (Fsp3) is 0.619. The van der Waals surface area contributed by atoms with Crippen molar-refractivity contribution < 1.29 is 4.79 Å². The Morgan fingerprint density at radius 3 is 2.62 bits per heavy atom. The zero-order valence-electron chi connectivity index (χ0n) is 16.1. The van der Waals surface area contributed by atoms with E-state index in [2.05, 4.69) is 26.6 Å². The lowest BCUT2D eigenvalue weighted by atomic mass is 9.82. The summed E-state index contributed by atoms with van der Waals surface area (Å²) in [4.78, 5) is 18.7. The number of hydrogen-bond donors (Lipinski definition) is 2. The maximum atomic E-state index is 11.8. The average Bonchev–Trinajstić information content (AvgIpc) is 3.06. The zero-order valence-corrected chi connectivity index (χ0v) is 16.1. The van der Waals surface area contributed by atoms with Crippen LogP contribution in [-0.4, -0.2) is 36.9 Å². The highest BCUT2D eigenvalue weighted by molar-refractivity contribution is 5.90. The van der Waals surface area contributed by atoms with Crippen LogP contribution in [0.25, 0.3) is 0 Å². The summed E-state index contributed by atoms with van der Waals surface area (Å²) in [5.74, 6) is 2.77. The molecule has 2 atom stereocenters. The van der Waals surface area contributed by atoms with Crippen LogP contribution in [0.3, 0.4) is 0 Å². The van der Waals surface area contributed by atoms with Gasteiger partial charge >= 0.3 is 0 Å². The van der Waals surface area contributed by atoms with Gasteiger partial charge in [-0.3, -0.25) is 9.79 Å². The Bertz CT molecular complexity index is 629. The molecule has 2 unspecified atom stereocenters. The highest BCUT2D eigenvalue weighted by Crippen LogP contribution is 2.35. The van der Waals surface area contributed by atoms with Crippen molar-refractivity contribution in [1.82, 2.24) is 10.2 Å². The average molecular weight is 357 g/mol. The van der Waals surface area contributed by atoms with E-state index in [-0.39, 0.29) is 5.91 Å². The molecular weight excluding hydrogens is 324 g/mol. The Morgan fingerprint density at radius 1 is 1.23 bits per heavy atom. The van der Waals surface area contributed by atoms with Gasteiger partial charge in [-0.1, -0.05) is 31.9 Å². The quantitative estimate of drug-likeness (QED) is 0.626. The summed E-state index contributed by atoms with van der Waals surface area (Å²) in [6.07, 6.45) is 6.94. The second-order valence-corrected chi connectivity index (χ2v) is 7.61. The van der Waals surface area contributed by atoms with Crippen molar-refractivity contribution in [2.75, 3.05) is 25.5 Å². The minimum atomic E-state index is 0.0769. The molecule has 0 spiro atoms. The van der Waals surface area contributed by atoms with Crippen LogP contribution in [0.5, 0.6) is 0 Å². The third kappa shape index (κ3) is 4.77. The molecule has 2 N–H and O–H groups in total. The lowest BCUT2D eigenvalue weighted by molar-refractivity contribution is -0.116. The van der Waals surface area contributed by atoms with Crippen LogP contribution in [0.2, 0.25) is 0 Å². The summed E-state index contributed by atoms with van der Waals surface area (Å²) in [6.45, 7) is 5.00. The number of fused-ring (bicyclic) bond motifs is 1. The van der Waals surface area contributed by atoms with E-state index in [1.807, 2.05) is 32.2 Å². The fourth-order valence-electron chi connectivity index (χ4n) is 4.30. The second kappa shape index (κ2) is 9.06. The highest BCUT2D eigenvalue weighted by Gasteiger charge is 2.35. The molecule has 1 saturated carbocycles. The molecule has 0 radical (unpaired) electrons. The van der Waals surface area contributed by atoms with Gasteiger partial charge in [-0.25, -0.2) is 0 Å². The number of carbonyl (C=O) groups excluding carboxylic acids is 1. The minimum absolute atomic E-state index is 0.0769. The van der Waals surface area contributed by atoms with E-state index in [0.29, 0.717) is 6.42 Å². The van der Waals surface area contributed by atoms with E-state index in [0.717, 1.165) is 55.1 Å². The Labute approximate surface area is 157 Å². The van der Waals surface area contributed by atoms with Crippen LogP contribution in [-0.2, 0) is 11.3 Å². The summed E-state index contributed by atoms with van der Waals surface area (Å²) in [5.41, 5.74) is 2.02. The topological polar surface area (TPSA) is 56.7 Å². The predicted molar refractivity (Wildman–Crippen MR) is 107 cm³/mol. The summed E-state index contributed by atoms with van der Waals surface area (Å²) in [5, 5.41) is 6.47. The summed E-state index contributed by atoms with van der Waals surface area (Å²) in [6, 6.07) is 8.06.